The van der Waals surface area contributed by atoms with Crippen molar-refractivity contribution >= 4 is 6.71 Å². The topological polar surface area (TPSA) is 0 Å². The standard InChI is InChI=1S/C11H21B/c1-9(2)12-10-5-3-6-11(12)8-4-7-10/h9-11H,3-8H2,1-2H3. The van der Waals surface area contributed by atoms with Crippen LogP contribution in [0.4, 0.5) is 0 Å². The highest BCUT2D eigenvalue weighted by molar-refractivity contribution is 6.64. The van der Waals surface area contributed by atoms with E-state index in [-0.39, 0.29) is 0 Å². The minimum absolute atomic E-state index is 0.945. The summed E-state index contributed by atoms with van der Waals surface area (Å²) in [7, 11) is 0. The summed E-state index contributed by atoms with van der Waals surface area (Å²) in [6, 6.07) is 0. The van der Waals surface area contributed by atoms with E-state index < -0.39 is 0 Å². The van der Waals surface area contributed by atoms with Crippen molar-refractivity contribution in [3.05, 3.63) is 0 Å². The third-order valence-electron chi connectivity index (χ3n) is 4.16. The molecule has 2 saturated heterocycles. The highest BCUT2D eigenvalue weighted by atomic mass is 14.3. The lowest BCUT2D eigenvalue weighted by Crippen LogP contribution is -2.36. The maximum atomic E-state index is 2.43. The molecule has 2 aliphatic rings. The molecular weight excluding hydrogens is 143 g/mol. The lowest BCUT2D eigenvalue weighted by Gasteiger charge is -2.42. The maximum absolute atomic E-state index is 2.43. The Labute approximate surface area is 77.2 Å². The zero-order valence-electron chi connectivity index (χ0n) is 8.55. The van der Waals surface area contributed by atoms with Gasteiger partial charge in [0, 0.05) is 0 Å². The summed E-state index contributed by atoms with van der Waals surface area (Å²) in [5, 5.41) is 0. The quantitative estimate of drug-likeness (QED) is 0.514. The average molecular weight is 164 g/mol. The molecule has 1 heteroatoms. The minimum Gasteiger partial charge on any atom is -0.0693 e. The first kappa shape index (κ1) is 8.65. The van der Waals surface area contributed by atoms with Crippen LogP contribution in [0.1, 0.15) is 52.4 Å². The van der Waals surface area contributed by atoms with Crippen LogP contribution in [-0.4, -0.2) is 6.71 Å². The fourth-order valence-corrected chi connectivity index (χ4v) is 3.82. The van der Waals surface area contributed by atoms with Crippen LogP contribution in [0.15, 0.2) is 0 Å². The molecule has 0 saturated carbocycles. The van der Waals surface area contributed by atoms with Crippen molar-refractivity contribution in [3.63, 3.8) is 0 Å². The van der Waals surface area contributed by atoms with E-state index in [0.717, 1.165) is 24.2 Å². The third-order valence-corrected chi connectivity index (χ3v) is 4.16. The molecule has 0 aliphatic carbocycles. The molecule has 0 aromatic rings. The molecule has 2 bridgehead atoms. The van der Waals surface area contributed by atoms with Gasteiger partial charge in [-0.1, -0.05) is 69.8 Å². The molecule has 12 heavy (non-hydrogen) atoms. The largest absolute Gasteiger partial charge is 0.149 e. The van der Waals surface area contributed by atoms with Gasteiger partial charge in [-0.15, -0.1) is 0 Å². The third kappa shape index (κ3) is 1.43. The van der Waals surface area contributed by atoms with Crippen LogP contribution in [-0.2, 0) is 0 Å². The Balaban J connectivity index is 2.08. The Morgan fingerprint density at radius 3 is 1.58 bits per heavy atom. The summed E-state index contributed by atoms with van der Waals surface area (Å²) in [5.41, 5.74) is 0. The molecule has 68 valence electrons. The number of hydrogen-bond acceptors (Lipinski definition) is 0. The molecule has 0 N–H and O–H groups in total. The van der Waals surface area contributed by atoms with Gasteiger partial charge in [0.05, 0.1) is 0 Å². The average Bonchev–Trinajstić information content (AvgIpc) is 2.02. The molecule has 0 aromatic heterocycles. The number of rotatable bonds is 1. The van der Waals surface area contributed by atoms with Crippen LogP contribution in [0, 0.1) is 0 Å². The van der Waals surface area contributed by atoms with Gasteiger partial charge in [-0.3, -0.25) is 0 Å². The maximum Gasteiger partial charge on any atom is 0.149 e. The Hall–Kier alpha value is 0.0649. The first-order valence-electron chi connectivity index (χ1n) is 5.79. The van der Waals surface area contributed by atoms with Crippen LogP contribution >= 0.6 is 0 Å². The van der Waals surface area contributed by atoms with Crippen molar-refractivity contribution in [1.82, 2.24) is 0 Å². The van der Waals surface area contributed by atoms with Crippen LogP contribution in [0.5, 0.6) is 0 Å². The van der Waals surface area contributed by atoms with Gasteiger partial charge in [0.1, 0.15) is 6.71 Å². The summed E-state index contributed by atoms with van der Waals surface area (Å²) in [5.74, 6) is 3.16. The zero-order chi connectivity index (χ0) is 8.55. The van der Waals surface area contributed by atoms with E-state index in [0.29, 0.717) is 0 Å². The summed E-state index contributed by atoms with van der Waals surface area (Å²) < 4.78 is 0. The molecule has 0 nitrogen and oxygen atoms in total. The van der Waals surface area contributed by atoms with Gasteiger partial charge in [-0.2, -0.15) is 0 Å². The second-order valence-corrected chi connectivity index (χ2v) is 5.20. The normalized spacial score (nSPS) is 35.8. The summed E-state index contributed by atoms with van der Waals surface area (Å²) in [6.07, 6.45) is 9.22. The Kier molecular flexibility index (Phi) is 2.48. The fraction of sp³-hybridized carbons (Fsp3) is 1.00. The van der Waals surface area contributed by atoms with Gasteiger partial charge >= 0.3 is 0 Å². The highest BCUT2D eigenvalue weighted by Gasteiger charge is 2.40. The summed E-state index contributed by atoms with van der Waals surface area (Å²) in [4.78, 5) is 0. The Bertz CT molecular complexity index is 131. The zero-order valence-corrected chi connectivity index (χ0v) is 8.55. The van der Waals surface area contributed by atoms with E-state index in [2.05, 4.69) is 13.8 Å². The lowest BCUT2D eigenvalue weighted by atomic mass is 9.23. The second kappa shape index (κ2) is 3.43. The smallest absolute Gasteiger partial charge is 0.0693 e. The van der Waals surface area contributed by atoms with Crippen molar-refractivity contribution in [2.24, 2.45) is 0 Å². The SMILES string of the molecule is CC(C)B1C2CCCC1CCC2. The van der Waals surface area contributed by atoms with Gasteiger partial charge in [0.2, 0.25) is 0 Å². The second-order valence-electron chi connectivity index (χ2n) is 5.20. The predicted molar refractivity (Wildman–Crippen MR) is 56.1 cm³/mol. The van der Waals surface area contributed by atoms with E-state index in [1.165, 1.54) is 12.8 Å². The number of hydrogen-bond donors (Lipinski definition) is 0. The summed E-state index contributed by atoms with van der Waals surface area (Å²) in [6.45, 7) is 5.95. The van der Waals surface area contributed by atoms with E-state index in [9.17, 15) is 0 Å². The molecule has 2 heterocycles. The number of fused-ring (bicyclic) bond motifs is 2. The van der Waals surface area contributed by atoms with E-state index in [1.807, 2.05) is 0 Å². The molecule has 0 amide bonds. The monoisotopic (exact) mass is 164 g/mol. The van der Waals surface area contributed by atoms with E-state index in [4.69, 9.17) is 0 Å². The summed E-state index contributed by atoms with van der Waals surface area (Å²) >= 11 is 0. The molecular formula is C11H21B. The molecule has 0 radical (unpaired) electrons. The van der Waals surface area contributed by atoms with Crippen molar-refractivity contribution < 1.29 is 0 Å². The molecule has 0 atom stereocenters. The molecule has 0 aromatic carbocycles. The predicted octanol–water partition coefficient (Wildman–Crippen LogP) is 4.00. The van der Waals surface area contributed by atoms with Crippen molar-refractivity contribution in [2.45, 2.75) is 69.8 Å². The van der Waals surface area contributed by atoms with Gasteiger partial charge in [-0.25, -0.2) is 0 Å². The van der Waals surface area contributed by atoms with Gasteiger partial charge in [0.25, 0.3) is 0 Å². The van der Waals surface area contributed by atoms with Gasteiger partial charge < -0.3 is 0 Å². The lowest BCUT2D eigenvalue weighted by molar-refractivity contribution is 0.437. The van der Waals surface area contributed by atoms with Crippen LogP contribution < -0.4 is 0 Å². The first-order valence-corrected chi connectivity index (χ1v) is 5.79. The van der Waals surface area contributed by atoms with Gasteiger partial charge in [0.15, 0.2) is 0 Å². The molecule has 0 unspecified atom stereocenters. The highest BCUT2D eigenvalue weighted by Crippen LogP contribution is 2.49. The molecule has 2 aliphatic heterocycles. The Morgan fingerprint density at radius 1 is 0.917 bits per heavy atom. The van der Waals surface area contributed by atoms with Crippen molar-refractivity contribution in [3.8, 4) is 0 Å². The van der Waals surface area contributed by atoms with Crippen molar-refractivity contribution in [1.29, 1.82) is 0 Å². The fourth-order valence-electron chi connectivity index (χ4n) is 3.82. The molecule has 0 spiro atoms. The van der Waals surface area contributed by atoms with Gasteiger partial charge in [-0.05, 0) is 0 Å². The first-order chi connectivity index (χ1) is 5.79. The minimum atomic E-state index is 0.945. The van der Waals surface area contributed by atoms with E-state index in [1.54, 1.807) is 25.7 Å². The van der Waals surface area contributed by atoms with Crippen LogP contribution in [0.3, 0.4) is 0 Å². The van der Waals surface area contributed by atoms with Crippen molar-refractivity contribution in [2.75, 3.05) is 0 Å². The molecule has 2 rings (SSSR count). The van der Waals surface area contributed by atoms with Crippen LogP contribution in [0.25, 0.3) is 0 Å². The Morgan fingerprint density at radius 2 is 1.33 bits per heavy atom. The van der Waals surface area contributed by atoms with Crippen LogP contribution in [0.2, 0.25) is 17.5 Å². The molecule has 2 fully saturated rings. The van der Waals surface area contributed by atoms with E-state index >= 15 is 0 Å².